The molecule has 4 nitrogen and oxygen atoms in total. The highest BCUT2D eigenvalue weighted by atomic mass is 35.5. The maximum absolute atomic E-state index is 11.1. The van der Waals surface area contributed by atoms with E-state index < -0.39 is 11.9 Å². The van der Waals surface area contributed by atoms with Crippen molar-refractivity contribution in [1.82, 2.24) is 0 Å². The van der Waals surface area contributed by atoms with Crippen LogP contribution in [0, 0.1) is 17.8 Å². The highest BCUT2D eigenvalue weighted by Crippen LogP contribution is 2.58. The van der Waals surface area contributed by atoms with Crippen LogP contribution in [0.15, 0.2) is 42.5 Å². The Labute approximate surface area is 190 Å². The predicted molar refractivity (Wildman–Crippen MR) is 122 cm³/mol. The number of fused-ring (bicyclic) bond motifs is 2. The van der Waals surface area contributed by atoms with Gasteiger partial charge in [-0.25, -0.2) is 0 Å². The molecule has 0 saturated carbocycles. The normalized spacial score (nSPS) is 33.3. The highest BCUT2D eigenvalue weighted by Gasteiger charge is 2.62. The molecule has 31 heavy (non-hydrogen) atoms. The van der Waals surface area contributed by atoms with Crippen molar-refractivity contribution in [2.24, 2.45) is 17.8 Å². The zero-order valence-electron chi connectivity index (χ0n) is 19.0. The van der Waals surface area contributed by atoms with Crippen molar-refractivity contribution in [2.45, 2.75) is 58.5 Å². The molecule has 168 valence electrons. The number of rotatable bonds is 6. The molecule has 2 bridgehead atoms. The lowest BCUT2D eigenvalue weighted by Crippen LogP contribution is -2.53. The molecule has 5 heteroatoms. The van der Waals surface area contributed by atoms with Crippen molar-refractivity contribution < 1.29 is 19.3 Å². The van der Waals surface area contributed by atoms with E-state index in [2.05, 4.69) is 27.7 Å². The molecule has 2 saturated heterocycles. The average molecular weight is 445 g/mol. The molecular formula is C26H33ClO4. The van der Waals surface area contributed by atoms with Gasteiger partial charge >= 0.3 is 0 Å². The minimum Gasteiger partial charge on any atom is -0.494 e. The fourth-order valence-electron chi connectivity index (χ4n) is 5.26. The van der Waals surface area contributed by atoms with E-state index in [1.165, 1.54) is 0 Å². The predicted octanol–water partition coefficient (Wildman–Crippen LogP) is 6.09. The van der Waals surface area contributed by atoms with Gasteiger partial charge in [0, 0.05) is 22.1 Å². The maximum Gasteiger partial charge on any atom is 0.198 e. The van der Waals surface area contributed by atoms with Gasteiger partial charge in [0.1, 0.15) is 11.9 Å². The third-order valence-electron chi connectivity index (χ3n) is 7.69. The number of aliphatic hydroxyl groups excluding tert-OH is 1. The van der Waals surface area contributed by atoms with Crippen molar-refractivity contribution in [2.75, 3.05) is 13.2 Å². The monoisotopic (exact) mass is 444 g/mol. The number of hydrogen-bond donors (Lipinski definition) is 1. The Balaban J connectivity index is 1.71. The van der Waals surface area contributed by atoms with Gasteiger partial charge in [-0.15, -0.1) is 0 Å². The second-order valence-corrected chi connectivity index (χ2v) is 9.46. The van der Waals surface area contributed by atoms with Crippen LogP contribution < -0.4 is 4.74 Å². The zero-order chi connectivity index (χ0) is 22.4. The molecule has 2 fully saturated rings. The molecule has 2 aromatic rings. The topological polar surface area (TPSA) is 47.9 Å². The van der Waals surface area contributed by atoms with E-state index in [1.54, 1.807) is 0 Å². The van der Waals surface area contributed by atoms with Crippen LogP contribution in [0.5, 0.6) is 5.75 Å². The maximum atomic E-state index is 11.1. The van der Waals surface area contributed by atoms with Gasteiger partial charge < -0.3 is 19.3 Å². The summed E-state index contributed by atoms with van der Waals surface area (Å²) in [5.74, 6) is 0.969. The molecule has 6 atom stereocenters. The van der Waals surface area contributed by atoms with Crippen molar-refractivity contribution >= 4 is 11.6 Å². The molecule has 2 aliphatic rings. The number of ether oxygens (including phenoxy) is 3. The van der Waals surface area contributed by atoms with Crippen LogP contribution in [0.25, 0.3) is 0 Å². The van der Waals surface area contributed by atoms with Crippen LogP contribution in [0.4, 0.5) is 0 Å². The Hall–Kier alpha value is -1.59. The summed E-state index contributed by atoms with van der Waals surface area (Å²) in [7, 11) is 0. The molecule has 0 aliphatic carbocycles. The Morgan fingerprint density at radius 2 is 1.81 bits per heavy atom. The summed E-state index contributed by atoms with van der Waals surface area (Å²) in [6.07, 6.45) is 0.0505. The molecule has 0 radical (unpaired) electrons. The second-order valence-electron chi connectivity index (χ2n) is 9.05. The molecule has 2 aromatic carbocycles. The lowest BCUT2D eigenvalue weighted by Gasteiger charge is -2.49. The van der Waals surface area contributed by atoms with Gasteiger partial charge in [-0.05, 0) is 55.0 Å². The SMILES string of the molecule is CCOc1ccc(C(O)c2cc([C@]34OC[C@](CC)(O3)[C@@H](C)[C@H](C)[C@H]4C)ccc2Cl)cc1. The molecular weight excluding hydrogens is 412 g/mol. The Kier molecular flexibility index (Phi) is 6.12. The van der Waals surface area contributed by atoms with Crippen molar-refractivity contribution in [3.63, 3.8) is 0 Å². The van der Waals surface area contributed by atoms with E-state index in [4.69, 9.17) is 25.8 Å². The molecule has 0 spiro atoms. The molecule has 0 amide bonds. The zero-order valence-corrected chi connectivity index (χ0v) is 19.8. The number of aliphatic hydroxyl groups is 1. The van der Waals surface area contributed by atoms with E-state index in [1.807, 2.05) is 49.4 Å². The van der Waals surface area contributed by atoms with Crippen LogP contribution >= 0.6 is 11.6 Å². The molecule has 1 N–H and O–H groups in total. The van der Waals surface area contributed by atoms with Crippen molar-refractivity contribution in [1.29, 1.82) is 0 Å². The fourth-order valence-corrected chi connectivity index (χ4v) is 5.48. The smallest absolute Gasteiger partial charge is 0.198 e. The number of benzene rings is 2. The second kappa shape index (κ2) is 8.40. The van der Waals surface area contributed by atoms with Gasteiger partial charge in [0.05, 0.1) is 18.8 Å². The largest absolute Gasteiger partial charge is 0.494 e. The number of hydrogen-bond acceptors (Lipinski definition) is 4. The molecule has 2 heterocycles. The van der Waals surface area contributed by atoms with Crippen LogP contribution in [-0.2, 0) is 15.3 Å². The first-order chi connectivity index (χ1) is 14.8. The van der Waals surface area contributed by atoms with E-state index in [-0.39, 0.29) is 11.5 Å². The van der Waals surface area contributed by atoms with Crippen LogP contribution in [0.3, 0.4) is 0 Å². The highest BCUT2D eigenvalue weighted by molar-refractivity contribution is 6.31. The van der Waals surface area contributed by atoms with Gasteiger partial charge in [0.15, 0.2) is 5.79 Å². The van der Waals surface area contributed by atoms with Crippen molar-refractivity contribution in [3.8, 4) is 5.75 Å². The van der Waals surface area contributed by atoms with Crippen LogP contribution in [-0.4, -0.2) is 23.9 Å². The Bertz CT molecular complexity index is 930. The third-order valence-corrected chi connectivity index (χ3v) is 8.03. The van der Waals surface area contributed by atoms with Crippen LogP contribution in [0.2, 0.25) is 5.02 Å². The first kappa shape index (κ1) is 22.6. The van der Waals surface area contributed by atoms with E-state index in [0.717, 1.165) is 23.3 Å². The summed E-state index contributed by atoms with van der Waals surface area (Å²) in [5.41, 5.74) is 2.05. The number of halogens is 1. The van der Waals surface area contributed by atoms with E-state index in [9.17, 15) is 5.11 Å². The Morgan fingerprint density at radius 3 is 2.45 bits per heavy atom. The molecule has 4 rings (SSSR count). The van der Waals surface area contributed by atoms with Gasteiger partial charge in [0.2, 0.25) is 0 Å². The Morgan fingerprint density at radius 1 is 1.10 bits per heavy atom. The minimum absolute atomic E-state index is 0.168. The van der Waals surface area contributed by atoms with Crippen molar-refractivity contribution in [3.05, 3.63) is 64.2 Å². The molecule has 1 unspecified atom stereocenters. The van der Waals surface area contributed by atoms with E-state index >= 15 is 0 Å². The summed E-state index contributed by atoms with van der Waals surface area (Å²) < 4.78 is 18.7. The van der Waals surface area contributed by atoms with Gasteiger partial charge in [-0.3, -0.25) is 0 Å². The summed E-state index contributed by atoms with van der Waals surface area (Å²) in [6, 6.07) is 13.2. The minimum atomic E-state index is -0.855. The third kappa shape index (κ3) is 3.58. The summed E-state index contributed by atoms with van der Waals surface area (Å²) >= 11 is 6.54. The first-order valence-electron chi connectivity index (χ1n) is 11.3. The standard InChI is InChI=1S/C26H33ClO4/c1-6-25-15-30-26(31-25,18(5)16(3)17(25)4)20-10-13-23(27)22(14-20)24(28)19-8-11-21(12-9-19)29-7-2/h8-14,16-18,24,28H,6-7,15H2,1-5H3/t16-,17-,18+,24?,25-,26+/m0/s1. The van der Waals surface area contributed by atoms with E-state index in [0.29, 0.717) is 35.6 Å². The summed E-state index contributed by atoms with van der Waals surface area (Å²) in [4.78, 5) is 0. The van der Waals surface area contributed by atoms with Gasteiger partial charge in [-0.1, -0.05) is 57.5 Å². The quantitative estimate of drug-likeness (QED) is 0.585. The fraction of sp³-hybridized carbons (Fsp3) is 0.538. The lowest BCUT2D eigenvalue weighted by molar-refractivity contribution is -0.279. The average Bonchev–Trinajstić information content (AvgIpc) is 3.17. The molecule has 0 aromatic heterocycles. The summed E-state index contributed by atoms with van der Waals surface area (Å²) in [6.45, 7) is 12.1. The molecule has 2 aliphatic heterocycles. The van der Waals surface area contributed by atoms with Crippen LogP contribution in [0.1, 0.15) is 63.8 Å². The lowest BCUT2D eigenvalue weighted by atomic mass is 9.68. The van der Waals surface area contributed by atoms with Gasteiger partial charge in [-0.2, -0.15) is 0 Å². The van der Waals surface area contributed by atoms with Gasteiger partial charge in [0.25, 0.3) is 0 Å². The summed E-state index contributed by atoms with van der Waals surface area (Å²) in [5, 5.41) is 11.7. The first-order valence-corrected chi connectivity index (χ1v) is 11.7.